The fraction of sp³-hybridized carbons (Fsp3) is 0.592. The van der Waals surface area contributed by atoms with Gasteiger partial charge in [-0.1, -0.05) is 136 Å². The van der Waals surface area contributed by atoms with E-state index in [4.69, 9.17) is 15.7 Å². The van der Waals surface area contributed by atoms with Crippen molar-refractivity contribution < 1.29 is 0 Å². The van der Waals surface area contributed by atoms with Crippen molar-refractivity contribution >= 4 is 11.4 Å². The molecule has 3 heterocycles. The number of hydrogen-bond donors (Lipinski definition) is 1. The van der Waals surface area contributed by atoms with Crippen LogP contribution in [0.5, 0.6) is 0 Å². The summed E-state index contributed by atoms with van der Waals surface area (Å²) in [6.45, 7) is 36.4. The molecule has 2 aliphatic heterocycles. The number of allylic oxidation sites excluding steroid dienone is 2. The Hall–Kier alpha value is -3.52. The number of benzene rings is 2. The van der Waals surface area contributed by atoms with E-state index in [-0.39, 0.29) is 0 Å². The Morgan fingerprint density at radius 1 is 0.714 bits per heavy atom. The summed E-state index contributed by atoms with van der Waals surface area (Å²) in [5.74, 6) is 1.66. The molecule has 0 radical (unpaired) electrons. The molecule has 0 bridgehead atoms. The van der Waals surface area contributed by atoms with Crippen molar-refractivity contribution in [2.24, 2.45) is 11.1 Å². The SMILES string of the molecule is CC.CC.CC/C=C\CCN1CCN(CCC(C)(C)CC)CC1.CCCN1CCN(c2cc(-c3cccc(CC)c3)nc(/C(=C(/C)N)c3ccccc3)n2)CC1. The van der Waals surface area contributed by atoms with Gasteiger partial charge in [0.25, 0.3) is 0 Å². The lowest BCUT2D eigenvalue weighted by atomic mass is 9.86. The van der Waals surface area contributed by atoms with Crippen molar-refractivity contribution in [2.45, 2.75) is 115 Å². The van der Waals surface area contributed by atoms with Crippen LogP contribution in [0.3, 0.4) is 0 Å². The Bertz CT molecular complexity index is 1530. The molecule has 7 nitrogen and oxygen atoms in total. The van der Waals surface area contributed by atoms with Gasteiger partial charge >= 0.3 is 0 Å². The van der Waals surface area contributed by atoms with Crippen molar-refractivity contribution in [1.82, 2.24) is 24.7 Å². The highest BCUT2D eigenvalue weighted by Crippen LogP contribution is 2.30. The van der Waals surface area contributed by atoms with Gasteiger partial charge in [-0.05, 0) is 74.7 Å². The predicted molar refractivity (Wildman–Crippen MR) is 246 cm³/mol. The van der Waals surface area contributed by atoms with Gasteiger partial charge in [0.2, 0.25) is 0 Å². The van der Waals surface area contributed by atoms with Crippen LogP contribution in [0.15, 0.2) is 78.5 Å². The van der Waals surface area contributed by atoms with Crippen LogP contribution in [0.25, 0.3) is 16.8 Å². The first-order valence-electron chi connectivity index (χ1n) is 22.2. The van der Waals surface area contributed by atoms with Gasteiger partial charge in [-0.25, -0.2) is 9.97 Å². The van der Waals surface area contributed by atoms with Crippen LogP contribution in [-0.2, 0) is 6.42 Å². The quantitative estimate of drug-likeness (QED) is 0.155. The van der Waals surface area contributed by atoms with Crippen molar-refractivity contribution in [3.05, 3.63) is 95.5 Å². The monoisotopic (exact) mass is 768 g/mol. The maximum absolute atomic E-state index is 6.39. The lowest BCUT2D eigenvalue weighted by Gasteiger charge is -2.36. The summed E-state index contributed by atoms with van der Waals surface area (Å²) >= 11 is 0. The fourth-order valence-electron chi connectivity index (χ4n) is 6.88. The van der Waals surface area contributed by atoms with E-state index in [0.29, 0.717) is 11.2 Å². The minimum Gasteiger partial charge on any atom is -0.402 e. The molecule has 312 valence electrons. The third kappa shape index (κ3) is 16.5. The average Bonchev–Trinajstić information content (AvgIpc) is 3.24. The second-order valence-electron chi connectivity index (χ2n) is 15.4. The summed E-state index contributed by atoms with van der Waals surface area (Å²) in [5, 5.41) is 0. The second kappa shape index (κ2) is 27.2. The molecule has 0 saturated carbocycles. The highest BCUT2D eigenvalue weighted by atomic mass is 15.3. The highest BCUT2D eigenvalue weighted by molar-refractivity contribution is 5.80. The standard InChI is InChI=1S/C28H35N5.C17H34N2.2C2H6/c1-4-14-32-15-17-33(18-16-32)26-20-25(24-13-9-10-22(5-2)19-24)30-28(31-26)27(21(3)29)23-11-7-6-8-12-23;1-5-7-8-9-11-18-13-15-19(16-14-18)12-10-17(3,4)6-2;2*1-2/h6-13,19-20H,4-5,14-18,29H2,1-3H3;7-8H,5-6,9-16H2,1-4H3;2*1-2H3/b27-21-;8-7-;;. The number of nitrogens with zero attached hydrogens (tertiary/aromatic N) is 6. The Balaban J connectivity index is 0.000000402. The zero-order chi connectivity index (χ0) is 41.3. The van der Waals surface area contributed by atoms with E-state index in [0.717, 1.165) is 73.1 Å². The zero-order valence-electron chi connectivity index (χ0n) is 37.7. The van der Waals surface area contributed by atoms with Gasteiger partial charge in [0, 0.05) is 81.8 Å². The molecular formula is C49H81N7. The summed E-state index contributed by atoms with van der Waals surface area (Å²) in [6.07, 6.45) is 11.8. The molecule has 5 rings (SSSR count). The van der Waals surface area contributed by atoms with Crippen molar-refractivity contribution in [1.29, 1.82) is 0 Å². The number of aryl methyl sites for hydroxylation is 1. The second-order valence-corrected chi connectivity index (χ2v) is 15.4. The maximum atomic E-state index is 6.39. The van der Waals surface area contributed by atoms with Crippen LogP contribution in [-0.4, -0.2) is 96.7 Å². The number of anilines is 1. The first-order chi connectivity index (χ1) is 27.2. The average molecular weight is 768 g/mol. The highest BCUT2D eigenvalue weighted by Gasteiger charge is 2.22. The Labute approximate surface area is 344 Å². The first-order valence-corrected chi connectivity index (χ1v) is 22.2. The summed E-state index contributed by atoms with van der Waals surface area (Å²) in [5.41, 5.74) is 12.9. The molecule has 3 aromatic rings. The van der Waals surface area contributed by atoms with Gasteiger partial charge in [0.05, 0.1) is 5.69 Å². The van der Waals surface area contributed by atoms with E-state index in [2.05, 4.69) is 116 Å². The minimum atomic E-state index is 0.516. The number of rotatable bonds is 15. The topological polar surface area (TPSA) is 64.8 Å². The number of aromatic nitrogens is 2. The molecule has 2 aliphatic rings. The van der Waals surface area contributed by atoms with E-state index in [1.807, 2.05) is 52.8 Å². The first kappa shape index (κ1) is 48.6. The summed E-state index contributed by atoms with van der Waals surface area (Å²) in [4.78, 5) is 20.3. The Morgan fingerprint density at radius 2 is 1.32 bits per heavy atom. The minimum absolute atomic E-state index is 0.516. The number of nitrogens with two attached hydrogens (primary N) is 1. The molecule has 0 amide bonds. The molecule has 2 aromatic carbocycles. The number of hydrogen-bond acceptors (Lipinski definition) is 7. The normalized spacial score (nSPS) is 15.9. The molecule has 2 fully saturated rings. The van der Waals surface area contributed by atoms with Gasteiger partial charge in [-0.15, -0.1) is 0 Å². The number of piperazine rings is 2. The van der Waals surface area contributed by atoms with Gasteiger partial charge < -0.3 is 20.4 Å². The van der Waals surface area contributed by atoms with E-state index in [9.17, 15) is 0 Å². The largest absolute Gasteiger partial charge is 0.402 e. The molecular weight excluding hydrogens is 687 g/mol. The molecule has 2 N–H and O–H groups in total. The lowest BCUT2D eigenvalue weighted by Crippen LogP contribution is -2.47. The van der Waals surface area contributed by atoms with Gasteiger partial charge in [-0.3, -0.25) is 4.90 Å². The smallest absolute Gasteiger partial charge is 0.164 e. The third-order valence-electron chi connectivity index (χ3n) is 10.8. The van der Waals surface area contributed by atoms with E-state index in [1.54, 1.807) is 0 Å². The van der Waals surface area contributed by atoms with Crippen LogP contribution in [0, 0.1) is 5.41 Å². The van der Waals surface area contributed by atoms with Crippen LogP contribution >= 0.6 is 0 Å². The zero-order valence-corrected chi connectivity index (χ0v) is 37.7. The van der Waals surface area contributed by atoms with E-state index in [1.165, 1.54) is 76.9 Å². The van der Waals surface area contributed by atoms with Crippen LogP contribution in [0.2, 0.25) is 0 Å². The molecule has 1 aromatic heterocycles. The van der Waals surface area contributed by atoms with E-state index < -0.39 is 0 Å². The summed E-state index contributed by atoms with van der Waals surface area (Å²) < 4.78 is 0. The molecule has 0 atom stereocenters. The van der Waals surface area contributed by atoms with Crippen molar-refractivity contribution in [3.8, 4) is 11.3 Å². The van der Waals surface area contributed by atoms with Crippen LogP contribution in [0.4, 0.5) is 5.82 Å². The summed E-state index contributed by atoms with van der Waals surface area (Å²) in [6, 6.07) is 21.0. The van der Waals surface area contributed by atoms with Gasteiger partial charge in [0.15, 0.2) is 5.82 Å². The van der Waals surface area contributed by atoms with Gasteiger partial charge in [-0.2, -0.15) is 0 Å². The van der Waals surface area contributed by atoms with Crippen molar-refractivity contribution in [2.75, 3.05) is 76.9 Å². The Kier molecular flexibility index (Phi) is 23.6. The maximum Gasteiger partial charge on any atom is 0.164 e. The fourth-order valence-corrected chi connectivity index (χ4v) is 6.88. The van der Waals surface area contributed by atoms with Gasteiger partial charge in [0.1, 0.15) is 5.82 Å². The van der Waals surface area contributed by atoms with E-state index >= 15 is 0 Å². The molecule has 0 unspecified atom stereocenters. The summed E-state index contributed by atoms with van der Waals surface area (Å²) in [7, 11) is 0. The molecule has 2 saturated heterocycles. The third-order valence-corrected chi connectivity index (χ3v) is 10.8. The predicted octanol–water partition coefficient (Wildman–Crippen LogP) is 10.8. The van der Waals surface area contributed by atoms with Crippen LogP contribution < -0.4 is 10.6 Å². The molecule has 0 spiro atoms. The Morgan fingerprint density at radius 3 is 1.89 bits per heavy atom. The molecule has 0 aliphatic carbocycles. The van der Waals surface area contributed by atoms with Crippen molar-refractivity contribution in [3.63, 3.8) is 0 Å². The molecule has 7 heteroatoms. The molecule has 56 heavy (non-hydrogen) atoms. The lowest BCUT2D eigenvalue weighted by molar-refractivity contribution is 0.119. The van der Waals surface area contributed by atoms with Crippen LogP contribution in [0.1, 0.15) is 125 Å².